The molecule has 0 bridgehead atoms. The number of nitro groups is 1. The predicted molar refractivity (Wildman–Crippen MR) is 114 cm³/mol. The van der Waals surface area contributed by atoms with E-state index in [1.165, 1.54) is 18.2 Å². The molecule has 30 heavy (non-hydrogen) atoms. The lowest BCUT2D eigenvalue weighted by Gasteiger charge is -2.23. The van der Waals surface area contributed by atoms with Gasteiger partial charge in [-0.15, -0.1) is 0 Å². The van der Waals surface area contributed by atoms with Gasteiger partial charge in [0.1, 0.15) is 5.75 Å². The van der Waals surface area contributed by atoms with Gasteiger partial charge < -0.3 is 15.0 Å². The number of para-hydroxylation sites is 1. The Hall–Kier alpha value is -3.18. The lowest BCUT2D eigenvalue weighted by Crippen LogP contribution is -2.42. The van der Waals surface area contributed by atoms with Gasteiger partial charge in [0.2, 0.25) is 10.0 Å². The maximum Gasteiger partial charge on any atom is 0.270 e. The first kappa shape index (κ1) is 23.1. The first-order chi connectivity index (χ1) is 14.3. The Morgan fingerprint density at radius 3 is 2.60 bits per heavy atom. The Kier molecular flexibility index (Phi) is 8.13. The monoisotopic (exact) mass is 435 g/mol. The fraction of sp³-hybridized carbons (Fsp3) is 0.316. The second-order valence-electron chi connectivity index (χ2n) is 6.29. The highest BCUT2D eigenvalue weighted by Gasteiger charge is 2.17. The number of benzene rings is 2. The summed E-state index contributed by atoms with van der Waals surface area (Å²) in [4.78, 5) is 16.1. The molecule has 0 aliphatic heterocycles. The van der Waals surface area contributed by atoms with Gasteiger partial charge in [0, 0.05) is 51.4 Å². The van der Waals surface area contributed by atoms with Gasteiger partial charge >= 0.3 is 0 Å². The zero-order chi connectivity index (χ0) is 22.1. The van der Waals surface area contributed by atoms with E-state index in [0.29, 0.717) is 12.5 Å². The van der Waals surface area contributed by atoms with Crippen molar-refractivity contribution in [1.29, 1.82) is 0 Å². The molecule has 2 N–H and O–H groups in total. The molecule has 162 valence electrons. The second kappa shape index (κ2) is 10.6. The molecule has 0 aliphatic rings. The quantitative estimate of drug-likeness (QED) is 0.201. The van der Waals surface area contributed by atoms with Crippen molar-refractivity contribution in [1.82, 2.24) is 14.9 Å². The van der Waals surface area contributed by atoms with Crippen molar-refractivity contribution >= 4 is 21.7 Å². The van der Waals surface area contributed by atoms with Gasteiger partial charge in [-0.2, -0.15) is 0 Å². The fourth-order valence-corrected chi connectivity index (χ4v) is 3.83. The van der Waals surface area contributed by atoms with Crippen molar-refractivity contribution in [2.24, 2.45) is 4.99 Å². The summed E-state index contributed by atoms with van der Waals surface area (Å²) in [6.07, 6.45) is 0. The van der Waals surface area contributed by atoms with Crippen molar-refractivity contribution in [3.63, 3.8) is 0 Å². The van der Waals surface area contributed by atoms with E-state index < -0.39 is 14.9 Å². The molecule has 0 saturated carbocycles. The summed E-state index contributed by atoms with van der Waals surface area (Å²) in [5.41, 5.74) is 0.700. The molecule has 11 heteroatoms. The topological polar surface area (TPSA) is 126 Å². The molecular formula is C19H25N5O5S. The zero-order valence-corrected chi connectivity index (χ0v) is 17.8. The SMILES string of the molecule is CN=C(NCCNS(=O)(=O)c1cccc([N+](=O)[O-])c1)N(C)Cc1ccccc1OC. The zero-order valence-electron chi connectivity index (χ0n) is 17.0. The predicted octanol–water partition coefficient (Wildman–Crippen LogP) is 1.59. The van der Waals surface area contributed by atoms with Crippen LogP contribution in [-0.2, 0) is 16.6 Å². The van der Waals surface area contributed by atoms with Crippen LogP contribution < -0.4 is 14.8 Å². The van der Waals surface area contributed by atoms with Crippen LogP contribution >= 0.6 is 0 Å². The van der Waals surface area contributed by atoms with Crippen molar-refractivity contribution < 1.29 is 18.1 Å². The third kappa shape index (κ3) is 6.16. The van der Waals surface area contributed by atoms with Gasteiger partial charge in [-0.25, -0.2) is 13.1 Å². The standard InChI is InChI=1S/C19H25N5O5S/c1-20-19(23(2)14-15-7-4-5-10-18(15)29-3)21-11-12-22-30(27,28)17-9-6-8-16(13-17)24(25)26/h4-10,13,22H,11-12,14H2,1-3H3,(H,20,21). The van der Waals surface area contributed by atoms with Gasteiger partial charge in [-0.1, -0.05) is 24.3 Å². The van der Waals surface area contributed by atoms with Gasteiger partial charge in [0.25, 0.3) is 5.69 Å². The minimum atomic E-state index is -3.86. The van der Waals surface area contributed by atoms with Crippen LogP contribution in [0.15, 0.2) is 58.4 Å². The summed E-state index contributed by atoms with van der Waals surface area (Å²) in [6, 6.07) is 12.5. The highest BCUT2D eigenvalue weighted by molar-refractivity contribution is 7.89. The van der Waals surface area contributed by atoms with E-state index in [-0.39, 0.29) is 23.7 Å². The smallest absolute Gasteiger partial charge is 0.270 e. The summed E-state index contributed by atoms with van der Waals surface area (Å²) in [5, 5.41) is 13.9. The van der Waals surface area contributed by atoms with Crippen LogP contribution in [0.5, 0.6) is 5.75 Å². The Labute approximate surface area is 175 Å². The summed E-state index contributed by atoms with van der Waals surface area (Å²) < 4.78 is 32.5. The lowest BCUT2D eigenvalue weighted by molar-refractivity contribution is -0.385. The van der Waals surface area contributed by atoms with Crippen LogP contribution in [0, 0.1) is 10.1 Å². The van der Waals surface area contributed by atoms with Crippen LogP contribution in [0.3, 0.4) is 0 Å². The number of nitro benzene ring substituents is 1. The van der Waals surface area contributed by atoms with E-state index >= 15 is 0 Å². The summed E-state index contributed by atoms with van der Waals surface area (Å²) in [5.74, 6) is 1.35. The fourth-order valence-electron chi connectivity index (χ4n) is 2.76. The first-order valence-electron chi connectivity index (χ1n) is 9.06. The van der Waals surface area contributed by atoms with E-state index in [2.05, 4.69) is 15.0 Å². The number of guanidine groups is 1. The van der Waals surface area contributed by atoms with E-state index in [4.69, 9.17) is 4.74 Å². The van der Waals surface area contributed by atoms with E-state index in [9.17, 15) is 18.5 Å². The molecule has 10 nitrogen and oxygen atoms in total. The van der Waals surface area contributed by atoms with Crippen LogP contribution in [0.2, 0.25) is 0 Å². The largest absolute Gasteiger partial charge is 0.496 e. The minimum Gasteiger partial charge on any atom is -0.496 e. The summed E-state index contributed by atoms with van der Waals surface area (Å²) in [6.45, 7) is 0.896. The molecule has 2 rings (SSSR count). The molecular weight excluding hydrogens is 410 g/mol. The molecule has 0 fully saturated rings. The molecule has 0 atom stereocenters. The van der Waals surface area contributed by atoms with Gasteiger partial charge in [0.05, 0.1) is 16.9 Å². The normalized spacial score (nSPS) is 11.8. The number of ether oxygens (including phenoxy) is 1. The van der Waals surface area contributed by atoms with E-state index in [1.54, 1.807) is 14.2 Å². The number of aliphatic imine (C=N–C) groups is 1. The van der Waals surface area contributed by atoms with Crippen molar-refractivity contribution in [3.8, 4) is 5.75 Å². The van der Waals surface area contributed by atoms with Crippen LogP contribution in [0.25, 0.3) is 0 Å². The number of nitrogens with one attached hydrogen (secondary N) is 2. The molecule has 0 spiro atoms. The molecule has 0 radical (unpaired) electrons. The molecule has 2 aromatic rings. The highest BCUT2D eigenvalue weighted by Crippen LogP contribution is 2.19. The van der Waals surface area contributed by atoms with Crippen LogP contribution in [0.4, 0.5) is 5.69 Å². The van der Waals surface area contributed by atoms with Crippen molar-refractivity contribution in [2.75, 3.05) is 34.3 Å². The van der Waals surface area contributed by atoms with Crippen molar-refractivity contribution in [2.45, 2.75) is 11.4 Å². The number of nitrogens with zero attached hydrogens (tertiary/aromatic N) is 3. The average molecular weight is 436 g/mol. The Morgan fingerprint density at radius 2 is 1.93 bits per heavy atom. The molecule has 0 unspecified atom stereocenters. The molecule has 0 aliphatic carbocycles. The number of sulfonamides is 1. The third-order valence-electron chi connectivity index (χ3n) is 4.21. The van der Waals surface area contributed by atoms with Crippen LogP contribution in [-0.4, -0.2) is 58.5 Å². The Bertz CT molecular complexity index is 1010. The molecule has 0 saturated heterocycles. The molecule has 2 aromatic carbocycles. The minimum absolute atomic E-state index is 0.0759. The maximum atomic E-state index is 12.4. The molecule has 0 amide bonds. The number of rotatable bonds is 9. The Morgan fingerprint density at radius 1 is 1.20 bits per heavy atom. The van der Waals surface area contributed by atoms with Crippen molar-refractivity contribution in [3.05, 3.63) is 64.2 Å². The average Bonchev–Trinajstić information content (AvgIpc) is 2.74. The second-order valence-corrected chi connectivity index (χ2v) is 8.06. The summed E-state index contributed by atoms with van der Waals surface area (Å²) >= 11 is 0. The third-order valence-corrected chi connectivity index (χ3v) is 5.67. The maximum absolute atomic E-state index is 12.4. The lowest BCUT2D eigenvalue weighted by atomic mass is 10.2. The number of methoxy groups -OCH3 is 1. The number of hydrogen-bond donors (Lipinski definition) is 2. The van der Waals surface area contributed by atoms with E-state index in [1.807, 2.05) is 36.2 Å². The van der Waals surface area contributed by atoms with Gasteiger partial charge in [-0.3, -0.25) is 15.1 Å². The molecule has 0 heterocycles. The Balaban J connectivity index is 1.91. The number of non-ortho nitro benzene ring substituents is 1. The van der Waals surface area contributed by atoms with Gasteiger partial charge in [0.15, 0.2) is 5.96 Å². The first-order valence-corrected chi connectivity index (χ1v) is 10.5. The molecule has 0 aromatic heterocycles. The van der Waals surface area contributed by atoms with Gasteiger partial charge in [-0.05, 0) is 12.1 Å². The summed E-state index contributed by atoms with van der Waals surface area (Å²) in [7, 11) is 1.24. The van der Waals surface area contributed by atoms with Crippen LogP contribution in [0.1, 0.15) is 5.56 Å². The highest BCUT2D eigenvalue weighted by atomic mass is 32.2. The van der Waals surface area contributed by atoms with E-state index in [0.717, 1.165) is 17.4 Å². The number of hydrogen-bond acceptors (Lipinski definition) is 6.